The first kappa shape index (κ1) is 9.19. The molecule has 0 aliphatic carbocycles. The minimum Gasteiger partial charge on any atom is -0.481 e. The van der Waals surface area contributed by atoms with Crippen molar-refractivity contribution in [2.24, 2.45) is 0 Å². The number of rotatable bonds is 4. The Morgan fingerprint density at radius 3 is 3.00 bits per heavy atom. The first-order chi connectivity index (χ1) is 5.70. The highest BCUT2D eigenvalue weighted by molar-refractivity contribution is 7.09. The van der Waals surface area contributed by atoms with Crippen LogP contribution in [0.2, 0.25) is 0 Å². The van der Waals surface area contributed by atoms with Crippen molar-refractivity contribution in [3.8, 4) is 0 Å². The van der Waals surface area contributed by atoms with E-state index < -0.39 is 5.97 Å². The first-order valence-electron chi connectivity index (χ1n) is 3.81. The minimum atomic E-state index is -0.725. The van der Waals surface area contributed by atoms with E-state index in [4.69, 9.17) is 5.11 Å². The summed E-state index contributed by atoms with van der Waals surface area (Å²) in [6.45, 7) is 1.95. The minimum absolute atomic E-state index is 0.247. The Morgan fingerprint density at radius 1 is 1.75 bits per heavy atom. The zero-order valence-corrected chi connectivity index (χ0v) is 7.73. The third-order valence-corrected chi connectivity index (χ3v) is 2.63. The smallest absolute Gasteiger partial charge is 0.303 e. The summed E-state index contributed by atoms with van der Waals surface area (Å²) in [6.07, 6.45) is 1.79. The maximum atomic E-state index is 10.2. The lowest BCUT2D eigenvalue weighted by molar-refractivity contribution is -0.137. The molecule has 0 saturated carbocycles. The first-order valence-corrected chi connectivity index (χ1v) is 4.69. The molecule has 0 aromatic carbocycles. The van der Waals surface area contributed by atoms with Crippen molar-refractivity contribution in [2.45, 2.75) is 26.2 Å². The molecule has 1 aromatic rings. The lowest BCUT2D eigenvalue weighted by Crippen LogP contribution is -1.95. The average molecular weight is 185 g/mol. The van der Waals surface area contributed by atoms with Crippen LogP contribution in [-0.2, 0) is 11.2 Å². The van der Waals surface area contributed by atoms with Gasteiger partial charge < -0.3 is 5.11 Å². The van der Waals surface area contributed by atoms with E-state index in [-0.39, 0.29) is 6.42 Å². The van der Waals surface area contributed by atoms with E-state index in [2.05, 4.69) is 4.98 Å². The molecule has 1 heterocycles. The monoisotopic (exact) mass is 185 g/mol. The van der Waals surface area contributed by atoms with Gasteiger partial charge in [-0.1, -0.05) is 0 Å². The van der Waals surface area contributed by atoms with Gasteiger partial charge >= 0.3 is 5.97 Å². The molecule has 0 unspecified atom stereocenters. The zero-order chi connectivity index (χ0) is 8.97. The molecule has 1 rings (SSSR count). The van der Waals surface area contributed by atoms with E-state index in [1.54, 1.807) is 16.8 Å². The Labute approximate surface area is 75.1 Å². The molecule has 1 N–H and O–H groups in total. The molecule has 0 fully saturated rings. The maximum absolute atomic E-state index is 10.2. The van der Waals surface area contributed by atoms with Gasteiger partial charge in [0.25, 0.3) is 0 Å². The van der Waals surface area contributed by atoms with Crippen molar-refractivity contribution < 1.29 is 9.90 Å². The van der Waals surface area contributed by atoms with E-state index in [0.717, 1.165) is 12.1 Å². The average Bonchev–Trinajstić information content (AvgIpc) is 2.36. The van der Waals surface area contributed by atoms with E-state index in [9.17, 15) is 4.79 Å². The molecule has 0 aliphatic rings. The van der Waals surface area contributed by atoms with Crippen molar-refractivity contribution in [3.05, 3.63) is 16.1 Å². The predicted molar refractivity (Wildman–Crippen MR) is 47.4 cm³/mol. The van der Waals surface area contributed by atoms with Crippen LogP contribution in [0.4, 0.5) is 0 Å². The van der Waals surface area contributed by atoms with Crippen LogP contribution in [-0.4, -0.2) is 16.1 Å². The number of thiazole rings is 1. The van der Waals surface area contributed by atoms with Crippen molar-refractivity contribution in [2.75, 3.05) is 0 Å². The number of aromatic nitrogens is 1. The predicted octanol–water partition coefficient (Wildman–Crippen LogP) is 1.86. The Balaban J connectivity index is 2.33. The lowest BCUT2D eigenvalue weighted by Gasteiger charge is -1.95. The molecular formula is C8H11NO2S. The normalized spacial score (nSPS) is 10.1. The Kier molecular flexibility index (Phi) is 3.22. The van der Waals surface area contributed by atoms with Crippen LogP contribution >= 0.6 is 11.3 Å². The van der Waals surface area contributed by atoms with E-state index >= 15 is 0 Å². The summed E-state index contributed by atoms with van der Waals surface area (Å²) in [6, 6.07) is 0. The van der Waals surface area contributed by atoms with Gasteiger partial charge in [-0.05, 0) is 19.8 Å². The quantitative estimate of drug-likeness (QED) is 0.778. The Hall–Kier alpha value is -0.900. The van der Waals surface area contributed by atoms with E-state index in [0.29, 0.717) is 6.42 Å². The molecule has 0 saturated heterocycles. The molecular weight excluding hydrogens is 174 g/mol. The molecule has 0 bridgehead atoms. The number of carboxylic acids is 1. The van der Waals surface area contributed by atoms with Gasteiger partial charge in [-0.3, -0.25) is 4.79 Å². The summed E-state index contributed by atoms with van der Waals surface area (Å²) in [5.41, 5.74) is 2.83. The van der Waals surface area contributed by atoms with Gasteiger partial charge in [-0.2, -0.15) is 0 Å². The summed E-state index contributed by atoms with van der Waals surface area (Å²) in [4.78, 5) is 15.5. The van der Waals surface area contributed by atoms with Crippen LogP contribution in [0.25, 0.3) is 0 Å². The summed E-state index contributed by atoms with van der Waals surface area (Å²) < 4.78 is 0. The maximum Gasteiger partial charge on any atom is 0.303 e. The third-order valence-electron chi connectivity index (χ3n) is 1.64. The second-order valence-electron chi connectivity index (χ2n) is 2.61. The summed E-state index contributed by atoms with van der Waals surface area (Å²) in [7, 11) is 0. The highest BCUT2D eigenvalue weighted by atomic mass is 32.1. The topological polar surface area (TPSA) is 50.2 Å². The van der Waals surface area contributed by atoms with Crippen LogP contribution < -0.4 is 0 Å². The summed E-state index contributed by atoms with van der Waals surface area (Å²) in [5.74, 6) is -0.725. The van der Waals surface area contributed by atoms with Gasteiger partial charge in [0, 0.05) is 11.3 Å². The van der Waals surface area contributed by atoms with Gasteiger partial charge in [0.15, 0.2) is 0 Å². The molecule has 0 atom stereocenters. The number of aliphatic carboxylic acids is 1. The molecule has 0 radical (unpaired) electrons. The largest absolute Gasteiger partial charge is 0.481 e. The van der Waals surface area contributed by atoms with Crippen molar-refractivity contribution >= 4 is 17.3 Å². The van der Waals surface area contributed by atoms with Crippen molar-refractivity contribution in [1.82, 2.24) is 4.98 Å². The van der Waals surface area contributed by atoms with Crippen LogP contribution in [0.5, 0.6) is 0 Å². The van der Waals surface area contributed by atoms with Gasteiger partial charge in [0.1, 0.15) is 0 Å². The van der Waals surface area contributed by atoms with E-state index in [1.165, 1.54) is 4.88 Å². The lowest BCUT2D eigenvalue weighted by atomic mass is 10.2. The zero-order valence-electron chi connectivity index (χ0n) is 6.91. The van der Waals surface area contributed by atoms with Crippen molar-refractivity contribution in [3.63, 3.8) is 0 Å². The summed E-state index contributed by atoms with van der Waals surface area (Å²) in [5, 5.41) is 8.40. The fourth-order valence-electron chi connectivity index (χ4n) is 0.966. The fourth-order valence-corrected chi connectivity index (χ4v) is 1.79. The Bertz CT molecular complexity index is 270. The molecule has 4 heteroatoms. The molecule has 1 aromatic heterocycles. The van der Waals surface area contributed by atoms with Crippen LogP contribution in [0, 0.1) is 6.92 Å². The molecule has 0 aliphatic heterocycles. The number of carboxylic acid groups (broad SMARTS) is 1. The number of nitrogens with zero attached hydrogens (tertiary/aromatic N) is 1. The standard InChI is InChI=1S/C8H11NO2S/c1-6-7(12-5-9-6)3-2-4-8(10)11/h5H,2-4H2,1H3,(H,10,11). The van der Waals surface area contributed by atoms with Crippen LogP contribution in [0.15, 0.2) is 5.51 Å². The SMILES string of the molecule is Cc1ncsc1CCCC(=O)O. The second-order valence-corrected chi connectivity index (χ2v) is 3.55. The molecule has 0 spiro atoms. The Morgan fingerprint density at radius 2 is 2.50 bits per heavy atom. The van der Waals surface area contributed by atoms with Gasteiger partial charge in [-0.25, -0.2) is 4.98 Å². The van der Waals surface area contributed by atoms with E-state index in [1.807, 2.05) is 6.92 Å². The molecule has 3 nitrogen and oxygen atoms in total. The fraction of sp³-hybridized carbons (Fsp3) is 0.500. The van der Waals surface area contributed by atoms with Gasteiger partial charge in [-0.15, -0.1) is 11.3 Å². The highest BCUT2D eigenvalue weighted by Crippen LogP contribution is 2.14. The number of hydrogen-bond donors (Lipinski definition) is 1. The third kappa shape index (κ3) is 2.62. The van der Waals surface area contributed by atoms with Gasteiger partial charge in [0.05, 0.1) is 11.2 Å². The second kappa shape index (κ2) is 4.21. The van der Waals surface area contributed by atoms with Gasteiger partial charge in [0.2, 0.25) is 0 Å². The molecule has 0 amide bonds. The highest BCUT2D eigenvalue weighted by Gasteiger charge is 2.02. The molecule has 66 valence electrons. The number of hydrogen-bond acceptors (Lipinski definition) is 3. The van der Waals surface area contributed by atoms with Crippen LogP contribution in [0.3, 0.4) is 0 Å². The van der Waals surface area contributed by atoms with Crippen LogP contribution in [0.1, 0.15) is 23.4 Å². The number of carbonyl (C=O) groups is 1. The molecule has 12 heavy (non-hydrogen) atoms. The summed E-state index contributed by atoms with van der Waals surface area (Å²) >= 11 is 1.60. The number of aryl methyl sites for hydroxylation is 2. The van der Waals surface area contributed by atoms with Crippen molar-refractivity contribution in [1.29, 1.82) is 0 Å².